The van der Waals surface area contributed by atoms with Crippen LogP contribution in [0.2, 0.25) is 0 Å². The highest BCUT2D eigenvalue weighted by Crippen LogP contribution is 2.45. The van der Waals surface area contributed by atoms with Gasteiger partial charge in [-0.2, -0.15) is 0 Å². The van der Waals surface area contributed by atoms with Gasteiger partial charge in [-0.25, -0.2) is 0 Å². The van der Waals surface area contributed by atoms with Crippen molar-refractivity contribution >= 4 is 65.0 Å². The largest absolute Gasteiger partial charge is 0.455 e. The third-order valence-electron chi connectivity index (χ3n) is 7.69. The summed E-state index contributed by atoms with van der Waals surface area (Å²) in [7, 11) is 0. The molecule has 10 rings (SSSR count). The molecule has 10 aromatic rings. The van der Waals surface area contributed by atoms with Gasteiger partial charge in [-0.1, -0.05) is 145 Å². The first kappa shape index (κ1) is 10.7. The van der Waals surface area contributed by atoms with Crippen LogP contribution in [0.4, 0.5) is 0 Å². The number of hydrogen-bond acceptors (Lipinski definition) is 1. The summed E-state index contributed by atoms with van der Waals surface area (Å²) in [5.41, 5.74) is -5.80. The molecule has 0 atom stereocenters. The Balaban J connectivity index is 1.44. The topological polar surface area (TPSA) is 13.1 Å². The molecule has 0 spiro atoms. The van der Waals surface area contributed by atoms with Crippen LogP contribution in [0.5, 0.6) is 0 Å². The van der Waals surface area contributed by atoms with Crippen LogP contribution < -0.4 is 0 Å². The van der Waals surface area contributed by atoms with E-state index in [-0.39, 0.29) is 0 Å². The molecular formula is C46H28O. The Kier molecular flexibility index (Phi) is 2.31. The molecule has 0 aliphatic heterocycles. The summed E-state index contributed by atoms with van der Waals surface area (Å²) in [5.74, 6) is 0. The molecule has 0 aliphatic carbocycles. The molecule has 0 saturated heterocycles. The van der Waals surface area contributed by atoms with Gasteiger partial charge >= 0.3 is 0 Å². The van der Waals surface area contributed by atoms with Gasteiger partial charge in [-0.15, -0.1) is 0 Å². The second-order valence-corrected chi connectivity index (χ2v) is 10.3. The van der Waals surface area contributed by atoms with Crippen molar-refractivity contribution in [3.63, 3.8) is 0 Å². The molecule has 0 saturated carbocycles. The lowest BCUT2D eigenvalue weighted by Crippen LogP contribution is -1.91. The second-order valence-electron chi connectivity index (χ2n) is 10.3. The van der Waals surface area contributed by atoms with Crippen LogP contribution in [-0.2, 0) is 0 Å². The standard InChI is InChI=1S/C46H28O/c1-2-11-33-27-34(22-19-29(33)9-1)30-17-20-32(21-18-30)44-37-13-5-7-15-39(37)45(40-16-8-6-14-38(40)44)35-24-26-43-42(28-35)41-25-23-31-10-3-4-12-36(31)46(41)47-43/h1-28H/i1D,2D,3D,4D,5D,6D,7D,8D,9D,10D,11D,12D,13D,14D,15D,16D,17D,18D,19D,20D,21D,22D,23D,24D,25D,26D,27D,28D. The average Bonchev–Trinajstić information content (AvgIpc) is 3.79. The van der Waals surface area contributed by atoms with E-state index in [0.717, 1.165) is 0 Å². The SMILES string of the molecule is [2H]c1c([2H])c(-c2c3c([2H])c([2H])c([2H])c([2H])c3c(-c3c([2H])c([2H])c4oc5c6c([2H])c([2H])c([2H])c([2H])c6c([2H])c([2H])c5c4c3[2H])c3c([2H])c([2H])c([2H])c([2H])c23)c([2H])c([2H])c1-c1c([2H])c([2H])c2c([2H])c([2H])c([2H])c([2H])c2c1[2H]. The van der Waals surface area contributed by atoms with E-state index in [4.69, 9.17) is 27.7 Å². The zero-order valence-electron chi connectivity index (χ0n) is 51.4. The lowest BCUT2D eigenvalue weighted by molar-refractivity contribution is 0.672. The number of fused-ring (bicyclic) bond motifs is 8. The zero-order chi connectivity index (χ0) is 55.3. The first-order valence-corrected chi connectivity index (χ1v) is 13.9. The van der Waals surface area contributed by atoms with Gasteiger partial charge < -0.3 is 4.42 Å². The minimum Gasteiger partial charge on any atom is -0.455 e. The summed E-state index contributed by atoms with van der Waals surface area (Å²) < 4.78 is 257. The smallest absolute Gasteiger partial charge is 0.143 e. The van der Waals surface area contributed by atoms with E-state index in [9.17, 15) is 15.1 Å². The molecule has 0 radical (unpaired) electrons. The Labute approximate surface area is 311 Å². The maximum absolute atomic E-state index is 9.81. The van der Waals surface area contributed by atoms with Gasteiger partial charge in [0.2, 0.25) is 0 Å². The molecule has 0 bridgehead atoms. The van der Waals surface area contributed by atoms with Crippen molar-refractivity contribution < 1.29 is 42.8 Å². The number of rotatable bonds is 3. The summed E-state index contributed by atoms with van der Waals surface area (Å²) in [6.07, 6.45) is 0. The molecule has 47 heavy (non-hydrogen) atoms. The summed E-state index contributed by atoms with van der Waals surface area (Å²) in [6, 6.07) is -25.4. The molecule has 1 nitrogen and oxygen atoms in total. The third-order valence-corrected chi connectivity index (χ3v) is 7.69. The third kappa shape index (κ3) is 4.03. The highest BCUT2D eigenvalue weighted by molar-refractivity contribution is 6.22. The van der Waals surface area contributed by atoms with Crippen LogP contribution in [-0.4, -0.2) is 0 Å². The van der Waals surface area contributed by atoms with Crippen molar-refractivity contribution in [2.75, 3.05) is 0 Å². The highest BCUT2D eigenvalue weighted by Gasteiger charge is 2.18. The molecule has 0 fully saturated rings. The molecule has 0 amide bonds. The van der Waals surface area contributed by atoms with E-state index in [2.05, 4.69) is 0 Å². The van der Waals surface area contributed by atoms with Crippen molar-refractivity contribution in [2.45, 2.75) is 0 Å². The number of benzene rings is 9. The van der Waals surface area contributed by atoms with Gasteiger partial charge in [0, 0.05) is 16.2 Å². The average molecular weight is 625 g/mol. The fourth-order valence-electron chi connectivity index (χ4n) is 5.63. The second kappa shape index (κ2) is 10.2. The summed E-state index contributed by atoms with van der Waals surface area (Å²) >= 11 is 0. The zero-order valence-corrected chi connectivity index (χ0v) is 23.4. The van der Waals surface area contributed by atoms with Crippen LogP contribution in [0.15, 0.2) is 174 Å². The molecular weight excluding hydrogens is 569 g/mol. The monoisotopic (exact) mass is 624 g/mol. The van der Waals surface area contributed by atoms with E-state index in [1.807, 2.05) is 0 Å². The molecule has 1 aromatic heterocycles. The fourth-order valence-corrected chi connectivity index (χ4v) is 5.63. The minimum atomic E-state index is -1.09. The number of hydrogen-bond donors (Lipinski definition) is 0. The van der Waals surface area contributed by atoms with Gasteiger partial charge in [-0.05, 0) is 95.3 Å². The fraction of sp³-hybridized carbons (Fsp3) is 0. The van der Waals surface area contributed by atoms with Gasteiger partial charge in [0.1, 0.15) is 11.2 Å². The van der Waals surface area contributed by atoms with E-state index < -0.39 is 268 Å². The molecule has 9 aromatic carbocycles. The summed E-state index contributed by atoms with van der Waals surface area (Å²) in [5, 5.41) is -5.93. The lowest BCUT2D eigenvalue weighted by Gasteiger charge is -2.18. The maximum atomic E-state index is 9.81. The normalized spacial score (nSPS) is 20.2. The molecule has 1 heterocycles. The number of furan rings is 1. The predicted molar refractivity (Wildman–Crippen MR) is 200 cm³/mol. The van der Waals surface area contributed by atoms with Crippen molar-refractivity contribution in [3.8, 4) is 33.4 Å². The Morgan fingerprint density at radius 1 is 0.319 bits per heavy atom. The predicted octanol–water partition coefficient (Wildman–Crippen LogP) is 13.2. The van der Waals surface area contributed by atoms with Crippen molar-refractivity contribution in [3.05, 3.63) is 169 Å². The van der Waals surface area contributed by atoms with Crippen molar-refractivity contribution in [1.82, 2.24) is 0 Å². The van der Waals surface area contributed by atoms with Crippen LogP contribution in [0, 0.1) is 0 Å². The van der Waals surface area contributed by atoms with Crippen LogP contribution >= 0.6 is 0 Å². The van der Waals surface area contributed by atoms with E-state index >= 15 is 0 Å². The molecule has 0 unspecified atom stereocenters. The van der Waals surface area contributed by atoms with Crippen molar-refractivity contribution in [2.24, 2.45) is 0 Å². The first-order valence-electron chi connectivity index (χ1n) is 27.9. The Morgan fingerprint density at radius 2 is 0.830 bits per heavy atom. The highest BCUT2D eigenvalue weighted by atomic mass is 16.3. The first-order chi connectivity index (χ1) is 35.0. The molecule has 0 aliphatic rings. The quantitative estimate of drug-likeness (QED) is 0.178. The minimum absolute atomic E-state index is 0.416. The lowest BCUT2D eigenvalue weighted by atomic mass is 9.85. The Hall–Kier alpha value is -6.18. The molecule has 1 heteroatoms. The van der Waals surface area contributed by atoms with Gasteiger partial charge in [0.15, 0.2) is 0 Å². The van der Waals surface area contributed by atoms with Crippen LogP contribution in [0.1, 0.15) is 38.4 Å². The Bertz CT molecular complexity index is 4330. The maximum Gasteiger partial charge on any atom is 0.143 e. The summed E-state index contributed by atoms with van der Waals surface area (Å²) in [6.45, 7) is 0. The molecule has 218 valence electrons. The van der Waals surface area contributed by atoms with E-state index in [1.165, 1.54) is 0 Å². The van der Waals surface area contributed by atoms with Gasteiger partial charge in [-0.3, -0.25) is 0 Å². The van der Waals surface area contributed by atoms with Gasteiger partial charge in [0.25, 0.3) is 0 Å². The van der Waals surface area contributed by atoms with E-state index in [0.29, 0.717) is 0 Å². The molecule has 0 N–H and O–H groups in total. The van der Waals surface area contributed by atoms with Gasteiger partial charge in [0.05, 0.1) is 38.4 Å². The summed E-state index contributed by atoms with van der Waals surface area (Å²) in [4.78, 5) is 0. The van der Waals surface area contributed by atoms with E-state index in [1.54, 1.807) is 0 Å². The Morgan fingerprint density at radius 3 is 1.53 bits per heavy atom. The van der Waals surface area contributed by atoms with Crippen LogP contribution in [0.25, 0.3) is 98.4 Å². The van der Waals surface area contributed by atoms with Crippen molar-refractivity contribution in [1.29, 1.82) is 0 Å². The van der Waals surface area contributed by atoms with Crippen LogP contribution in [0.3, 0.4) is 0 Å².